The number of sulfone groups is 1. The molecule has 5 heterocycles. The van der Waals surface area contributed by atoms with E-state index >= 15 is 0 Å². The molecule has 0 aromatic carbocycles. The number of hydrogen-bond acceptors (Lipinski definition) is 9. The zero-order valence-electron chi connectivity index (χ0n) is 25.3. The maximum Gasteiger partial charge on any atom is 0.248 e. The molecule has 10 nitrogen and oxygen atoms in total. The van der Waals surface area contributed by atoms with E-state index < -0.39 is 15.8 Å². The Balaban J connectivity index is 1.37. The van der Waals surface area contributed by atoms with E-state index in [-0.39, 0.29) is 36.5 Å². The number of ether oxygens (including phenoxy) is 1. The van der Waals surface area contributed by atoms with E-state index in [9.17, 15) is 17.2 Å². The molecular formula is C31H37F2N7O3S. The largest absolute Gasteiger partial charge is 0.496 e. The van der Waals surface area contributed by atoms with E-state index in [0.29, 0.717) is 49.0 Å². The second-order valence-electron chi connectivity index (χ2n) is 12.2. The second kappa shape index (κ2) is 11.6. The molecule has 0 radical (unpaired) electrons. The van der Waals surface area contributed by atoms with E-state index in [2.05, 4.69) is 15.2 Å². The van der Waals surface area contributed by atoms with E-state index in [4.69, 9.17) is 19.8 Å². The molecule has 0 amide bonds. The minimum atomic E-state index is -3.10. The minimum absolute atomic E-state index is 0.0128. The fourth-order valence-corrected chi connectivity index (χ4v) is 7.44. The summed E-state index contributed by atoms with van der Waals surface area (Å²) in [7, 11) is -1.50. The van der Waals surface area contributed by atoms with Crippen molar-refractivity contribution < 1.29 is 21.9 Å². The zero-order valence-corrected chi connectivity index (χ0v) is 26.1. The number of methoxy groups -OCH3 is 1. The Morgan fingerprint density at radius 3 is 2.61 bits per heavy atom. The summed E-state index contributed by atoms with van der Waals surface area (Å²) in [5.74, 6) is -0.456. The Bertz CT molecular complexity index is 1790. The van der Waals surface area contributed by atoms with E-state index in [1.54, 1.807) is 36.4 Å². The quantitative estimate of drug-likeness (QED) is 0.265. The standard InChI is InChI=1S/C31H37F2N7O3S/c1-19-24-16-36-40(27(24)13-26(37-19)25-15-34-10-7-28(25)43-3)30-12-23(39-17-22(20(39)2)18-44(4,41)42)11-29(38-30)35-14-21-5-8-31(32,33)9-6-21/h7,10-13,15-16,20-22H,5-6,8-9,14,17-18H2,1-4H3,(H,35,38)/t20-,22-/m1/s1. The first-order valence-electron chi connectivity index (χ1n) is 14.8. The van der Waals surface area contributed by atoms with Gasteiger partial charge in [-0.1, -0.05) is 0 Å². The normalized spacial score (nSPS) is 20.5. The first-order valence-corrected chi connectivity index (χ1v) is 16.9. The van der Waals surface area contributed by atoms with Crippen LogP contribution in [0, 0.1) is 18.8 Å². The Labute approximate surface area is 255 Å². The van der Waals surface area contributed by atoms with Crippen molar-refractivity contribution in [3.05, 3.63) is 48.5 Å². The number of pyridine rings is 3. The van der Waals surface area contributed by atoms with Gasteiger partial charge < -0.3 is 15.0 Å². The molecule has 4 aromatic heterocycles. The predicted octanol–water partition coefficient (Wildman–Crippen LogP) is 5.30. The molecule has 44 heavy (non-hydrogen) atoms. The van der Waals surface area contributed by atoms with Gasteiger partial charge in [0, 0.05) is 85.4 Å². The van der Waals surface area contributed by atoms with Gasteiger partial charge >= 0.3 is 0 Å². The minimum Gasteiger partial charge on any atom is -0.496 e. The fourth-order valence-electron chi connectivity index (χ4n) is 6.28. The number of halogens is 2. The van der Waals surface area contributed by atoms with Gasteiger partial charge in [0.1, 0.15) is 21.4 Å². The molecule has 13 heteroatoms. The van der Waals surface area contributed by atoms with Crippen LogP contribution in [0.2, 0.25) is 0 Å². The lowest BCUT2D eigenvalue weighted by molar-refractivity contribution is -0.0443. The van der Waals surface area contributed by atoms with Crippen LogP contribution in [0.15, 0.2) is 42.9 Å². The van der Waals surface area contributed by atoms with Crippen molar-refractivity contribution >= 4 is 32.2 Å². The highest BCUT2D eigenvalue weighted by Gasteiger charge is 2.38. The maximum absolute atomic E-state index is 13.7. The summed E-state index contributed by atoms with van der Waals surface area (Å²) < 4.78 is 58.8. The Hall–Kier alpha value is -3.87. The number of fused-ring (bicyclic) bond motifs is 1. The Kier molecular flexibility index (Phi) is 7.93. The summed E-state index contributed by atoms with van der Waals surface area (Å²) in [6, 6.07) is 7.63. The van der Waals surface area contributed by atoms with Crippen LogP contribution in [-0.2, 0) is 9.84 Å². The lowest BCUT2D eigenvalue weighted by atomic mass is 9.87. The molecule has 6 rings (SSSR count). The first-order chi connectivity index (χ1) is 20.9. The van der Waals surface area contributed by atoms with Crippen LogP contribution in [0.1, 0.15) is 38.3 Å². The van der Waals surface area contributed by atoms with Crippen molar-refractivity contribution in [2.45, 2.75) is 51.5 Å². The van der Waals surface area contributed by atoms with Gasteiger partial charge in [-0.25, -0.2) is 26.9 Å². The summed E-state index contributed by atoms with van der Waals surface area (Å²) in [6.07, 6.45) is 7.14. The van der Waals surface area contributed by atoms with Crippen molar-refractivity contribution in [2.24, 2.45) is 11.8 Å². The number of nitrogens with zero attached hydrogens (tertiary/aromatic N) is 6. The fraction of sp³-hybridized carbons (Fsp3) is 0.484. The highest BCUT2D eigenvalue weighted by Crippen LogP contribution is 2.38. The van der Waals surface area contributed by atoms with Crippen LogP contribution in [0.5, 0.6) is 5.75 Å². The second-order valence-corrected chi connectivity index (χ2v) is 14.3. The topological polar surface area (TPSA) is 115 Å². The highest BCUT2D eigenvalue weighted by molar-refractivity contribution is 7.90. The van der Waals surface area contributed by atoms with Crippen molar-refractivity contribution in [2.75, 3.05) is 42.4 Å². The number of alkyl halides is 2. The predicted molar refractivity (Wildman–Crippen MR) is 167 cm³/mol. The van der Waals surface area contributed by atoms with Crippen LogP contribution >= 0.6 is 0 Å². The van der Waals surface area contributed by atoms with Gasteiger partial charge in [0.15, 0.2) is 5.82 Å². The lowest BCUT2D eigenvalue weighted by Crippen LogP contribution is -2.57. The molecule has 1 aliphatic heterocycles. The van der Waals surface area contributed by atoms with Gasteiger partial charge in [0.05, 0.1) is 35.8 Å². The number of hydrogen-bond donors (Lipinski definition) is 1. The molecule has 2 fully saturated rings. The number of anilines is 2. The molecule has 1 saturated carbocycles. The van der Waals surface area contributed by atoms with Gasteiger partial charge in [-0.2, -0.15) is 5.10 Å². The average Bonchev–Trinajstić information content (AvgIpc) is 3.42. The Morgan fingerprint density at radius 2 is 1.91 bits per heavy atom. The number of aryl methyl sites for hydroxylation is 1. The molecule has 4 aromatic rings. The van der Waals surface area contributed by atoms with Crippen molar-refractivity contribution in [1.82, 2.24) is 24.7 Å². The van der Waals surface area contributed by atoms with Crippen molar-refractivity contribution in [3.63, 3.8) is 0 Å². The van der Waals surface area contributed by atoms with Gasteiger partial charge in [0.25, 0.3) is 0 Å². The van der Waals surface area contributed by atoms with Crippen molar-refractivity contribution in [1.29, 1.82) is 0 Å². The highest BCUT2D eigenvalue weighted by atomic mass is 32.2. The van der Waals surface area contributed by atoms with Crippen LogP contribution in [0.3, 0.4) is 0 Å². The summed E-state index contributed by atoms with van der Waals surface area (Å²) in [5.41, 5.74) is 3.91. The summed E-state index contributed by atoms with van der Waals surface area (Å²) in [5, 5.41) is 8.97. The molecule has 1 N–H and O–H groups in total. The number of rotatable bonds is 9. The Morgan fingerprint density at radius 1 is 1.14 bits per heavy atom. The van der Waals surface area contributed by atoms with Gasteiger partial charge in [0.2, 0.25) is 5.92 Å². The SMILES string of the molecule is COc1ccncc1-c1cc2c(cnn2-c2cc(N3C[C@H](CS(C)(=O)=O)[C@H]3C)cc(NCC3CCC(F)(F)CC3)n2)c(C)n1. The molecule has 234 valence electrons. The number of aromatic nitrogens is 5. The van der Waals surface area contributed by atoms with Crippen molar-refractivity contribution in [3.8, 4) is 22.8 Å². The smallest absolute Gasteiger partial charge is 0.248 e. The maximum atomic E-state index is 13.7. The molecule has 1 saturated heterocycles. The molecule has 2 aliphatic rings. The zero-order chi connectivity index (χ0) is 31.2. The van der Waals surface area contributed by atoms with Gasteiger partial charge in [-0.15, -0.1) is 0 Å². The lowest BCUT2D eigenvalue weighted by Gasteiger charge is -2.48. The molecular weight excluding hydrogens is 588 g/mol. The van der Waals surface area contributed by atoms with Gasteiger partial charge in [-0.05, 0) is 44.7 Å². The molecule has 2 atom stereocenters. The molecule has 0 spiro atoms. The third kappa shape index (κ3) is 6.19. The molecule has 0 unspecified atom stereocenters. The molecule has 0 bridgehead atoms. The van der Waals surface area contributed by atoms with E-state index in [0.717, 1.165) is 27.8 Å². The first kappa shape index (κ1) is 30.2. The average molecular weight is 626 g/mol. The van der Waals surface area contributed by atoms with E-state index in [1.807, 2.05) is 32.0 Å². The number of nitrogens with one attached hydrogen (secondary N) is 1. The van der Waals surface area contributed by atoms with Crippen LogP contribution in [-0.4, -0.2) is 77.3 Å². The monoisotopic (exact) mass is 625 g/mol. The van der Waals surface area contributed by atoms with Crippen LogP contribution < -0.4 is 15.0 Å². The summed E-state index contributed by atoms with van der Waals surface area (Å²) >= 11 is 0. The summed E-state index contributed by atoms with van der Waals surface area (Å²) in [4.78, 5) is 16.1. The van der Waals surface area contributed by atoms with Crippen LogP contribution in [0.25, 0.3) is 28.0 Å². The van der Waals surface area contributed by atoms with Gasteiger partial charge in [-0.3, -0.25) is 9.97 Å². The third-order valence-corrected chi connectivity index (χ3v) is 9.94. The molecule has 1 aliphatic carbocycles. The summed E-state index contributed by atoms with van der Waals surface area (Å²) in [6.45, 7) is 5.09. The van der Waals surface area contributed by atoms with E-state index in [1.165, 1.54) is 6.26 Å². The third-order valence-electron chi connectivity index (χ3n) is 8.91. The van der Waals surface area contributed by atoms with Crippen LogP contribution in [0.4, 0.5) is 20.3 Å².